The summed E-state index contributed by atoms with van der Waals surface area (Å²) in [6, 6.07) is 6.22. The Morgan fingerprint density at radius 1 is 1.16 bits per heavy atom. The van der Waals surface area contributed by atoms with Crippen LogP contribution in [0, 0.1) is 11.8 Å². The molecule has 1 amide bonds. The molecular formula is C20H28N4O. The summed E-state index contributed by atoms with van der Waals surface area (Å²) in [6.07, 6.45) is 7.35. The van der Waals surface area contributed by atoms with E-state index in [1.54, 1.807) is 0 Å². The second kappa shape index (κ2) is 7.16. The van der Waals surface area contributed by atoms with Crippen LogP contribution in [-0.4, -0.2) is 46.8 Å². The summed E-state index contributed by atoms with van der Waals surface area (Å²) in [6.45, 7) is 4.20. The molecule has 0 saturated carbocycles. The number of hydrogen-bond donors (Lipinski definition) is 1. The number of nitrogens with zero attached hydrogens (tertiary/aromatic N) is 3. The standard InChI is InChI=1S/C20H28N4O/c1-23-19-3-2-15(12-18(19)14-22-23)13-20(25)24-10-6-17(7-11-24)16-4-8-21-9-5-16/h2-3,12,14,16-17,21H,4-11,13H2,1H3. The molecule has 1 aromatic carbocycles. The maximum Gasteiger partial charge on any atom is 0.226 e. The van der Waals surface area contributed by atoms with Crippen molar-refractivity contribution < 1.29 is 4.79 Å². The van der Waals surface area contributed by atoms with Gasteiger partial charge >= 0.3 is 0 Å². The van der Waals surface area contributed by atoms with Gasteiger partial charge in [-0.1, -0.05) is 6.07 Å². The van der Waals surface area contributed by atoms with Gasteiger partial charge < -0.3 is 10.2 Å². The Labute approximate surface area is 149 Å². The predicted molar refractivity (Wildman–Crippen MR) is 99.3 cm³/mol. The van der Waals surface area contributed by atoms with Gasteiger partial charge in [0.05, 0.1) is 18.1 Å². The number of carbonyl (C=O) groups is 1. The summed E-state index contributed by atoms with van der Waals surface area (Å²) >= 11 is 0. The van der Waals surface area contributed by atoms with Gasteiger partial charge in [-0.25, -0.2) is 0 Å². The van der Waals surface area contributed by atoms with Gasteiger partial charge in [0.2, 0.25) is 5.91 Å². The van der Waals surface area contributed by atoms with E-state index in [1.807, 2.05) is 17.9 Å². The Bertz CT molecular complexity index is 739. The number of carbonyl (C=O) groups excluding carboxylic acids is 1. The average molecular weight is 340 g/mol. The van der Waals surface area contributed by atoms with Crippen molar-refractivity contribution in [1.82, 2.24) is 20.0 Å². The third kappa shape index (κ3) is 3.56. The summed E-state index contributed by atoms with van der Waals surface area (Å²) < 4.78 is 1.87. The molecule has 0 spiro atoms. The minimum atomic E-state index is 0.270. The topological polar surface area (TPSA) is 50.2 Å². The number of rotatable bonds is 3. The van der Waals surface area contributed by atoms with Gasteiger partial charge in [-0.15, -0.1) is 0 Å². The maximum absolute atomic E-state index is 12.7. The van der Waals surface area contributed by atoms with Crippen LogP contribution in [0.5, 0.6) is 0 Å². The number of fused-ring (bicyclic) bond motifs is 1. The molecule has 1 N–H and O–H groups in total. The Hall–Kier alpha value is -1.88. The van der Waals surface area contributed by atoms with Gasteiger partial charge in [0.25, 0.3) is 0 Å². The summed E-state index contributed by atoms with van der Waals surface area (Å²) in [5.74, 6) is 1.95. The molecule has 1 aromatic heterocycles. The molecule has 4 rings (SSSR count). The third-order valence-corrected chi connectivity index (χ3v) is 6.11. The summed E-state index contributed by atoms with van der Waals surface area (Å²) in [5, 5.41) is 8.84. The third-order valence-electron chi connectivity index (χ3n) is 6.11. The molecule has 2 aromatic rings. The second-order valence-electron chi connectivity index (χ2n) is 7.64. The van der Waals surface area contributed by atoms with Crippen molar-refractivity contribution in [3.05, 3.63) is 30.0 Å². The lowest BCUT2D eigenvalue weighted by Gasteiger charge is -2.37. The normalized spacial score (nSPS) is 20.3. The van der Waals surface area contributed by atoms with E-state index < -0.39 is 0 Å². The van der Waals surface area contributed by atoms with E-state index in [4.69, 9.17) is 0 Å². The number of benzene rings is 1. The first-order chi connectivity index (χ1) is 12.2. The minimum absolute atomic E-state index is 0.270. The molecule has 134 valence electrons. The van der Waals surface area contributed by atoms with E-state index in [-0.39, 0.29) is 5.91 Å². The molecule has 2 fully saturated rings. The Kier molecular flexibility index (Phi) is 4.75. The molecule has 5 heteroatoms. The van der Waals surface area contributed by atoms with Gasteiger partial charge in [-0.3, -0.25) is 9.48 Å². The number of hydrogen-bond acceptors (Lipinski definition) is 3. The molecule has 0 bridgehead atoms. The Balaban J connectivity index is 1.33. The minimum Gasteiger partial charge on any atom is -0.342 e. The van der Waals surface area contributed by atoms with Crippen LogP contribution < -0.4 is 5.32 Å². The van der Waals surface area contributed by atoms with Crippen molar-refractivity contribution in [2.75, 3.05) is 26.2 Å². The highest BCUT2D eigenvalue weighted by atomic mass is 16.2. The molecule has 0 radical (unpaired) electrons. The van der Waals surface area contributed by atoms with Crippen molar-refractivity contribution in [2.24, 2.45) is 18.9 Å². The van der Waals surface area contributed by atoms with Crippen LogP contribution >= 0.6 is 0 Å². The first-order valence-corrected chi connectivity index (χ1v) is 9.60. The van der Waals surface area contributed by atoms with Crippen molar-refractivity contribution >= 4 is 16.8 Å². The Morgan fingerprint density at radius 3 is 2.64 bits per heavy atom. The fourth-order valence-electron chi connectivity index (χ4n) is 4.55. The fourth-order valence-corrected chi connectivity index (χ4v) is 4.55. The van der Waals surface area contributed by atoms with Crippen LogP contribution in [0.25, 0.3) is 10.9 Å². The van der Waals surface area contributed by atoms with Crippen molar-refractivity contribution in [1.29, 1.82) is 0 Å². The average Bonchev–Trinajstić information content (AvgIpc) is 3.03. The molecule has 0 atom stereocenters. The van der Waals surface area contributed by atoms with E-state index in [0.717, 1.165) is 41.4 Å². The maximum atomic E-state index is 12.7. The highest BCUT2D eigenvalue weighted by Crippen LogP contribution is 2.31. The van der Waals surface area contributed by atoms with Crippen LogP contribution in [0.15, 0.2) is 24.4 Å². The quantitative estimate of drug-likeness (QED) is 0.933. The number of piperidine rings is 2. The number of aromatic nitrogens is 2. The molecule has 0 aliphatic carbocycles. The van der Waals surface area contributed by atoms with Crippen molar-refractivity contribution in [3.8, 4) is 0 Å². The molecule has 25 heavy (non-hydrogen) atoms. The predicted octanol–water partition coefficient (Wildman–Crippen LogP) is 2.35. The first-order valence-electron chi connectivity index (χ1n) is 9.60. The van der Waals surface area contributed by atoms with Gasteiger partial charge in [0.1, 0.15) is 0 Å². The van der Waals surface area contributed by atoms with E-state index in [0.29, 0.717) is 6.42 Å². The molecule has 2 saturated heterocycles. The lowest BCUT2D eigenvalue weighted by Crippen LogP contribution is -2.42. The molecule has 2 aliphatic rings. The highest BCUT2D eigenvalue weighted by Gasteiger charge is 2.29. The van der Waals surface area contributed by atoms with E-state index >= 15 is 0 Å². The molecular weight excluding hydrogens is 312 g/mol. The second-order valence-corrected chi connectivity index (χ2v) is 7.64. The number of amides is 1. The monoisotopic (exact) mass is 340 g/mol. The molecule has 3 heterocycles. The van der Waals surface area contributed by atoms with E-state index in [9.17, 15) is 4.79 Å². The molecule has 2 aliphatic heterocycles. The zero-order chi connectivity index (χ0) is 17.2. The highest BCUT2D eigenvalue weighted by molar-refractivity contribution is 5.83. The van der Waals surface area contributed by atoms with Gasteiger partial charge in [-0.05, 0) is 68.3 Å². The van der Waals surface area contributed by atoms with Gasteiger partial charge in [-0.2, -0.15) is 5.10 Å². The Morgan fingerprint density at radius 2 is 1.88 bits per heavy atom. The zero-order valence-electron chi connectivity index (χ0n) is 15.1. The van der Waals surface area contributed by atoms with Gasteiger partial charge in [0, 0.05) is 25.5 Å². The van der Waals surface area contributed by atoms with Crippen LogP contribution in [0.3, 0.4) is 0 Å². The smallest absolute Gasteiger partial charge is 0.226 e. The summed E-state index contributed by atoms with van der Waals surface area (Å²) in [5.41, 5.74) is 2.20. The van der Waals surface area contributed by atoms with Gasteiger partial charge in [0.15, 0.2) is 0 Å². The zero-order valence-corrected chi connectivity index (χ0v) is 15.1. The molecule has 5 nitrogen and oxygen atoms in total. The summed E-state index contributed by atoms with van der Waals surface area (Å²) in [4.78, 5) is 14.8. The lowest BCUT2D eigenvalue weighted by atomic mass is 9.79. The fraction of sp³-hybridized carbons (Fsp3) is 0.600. The van der Waals surface area contributed by atoms with Crippen LogP contribution in [0.1, 0.15) is 31.2 Å². The molecule has 0 unspecified atom stereocenters. The van der Waals surface area contributed by atoms with Crippen LogP contribution in [0.2, 0.25) is 0 Å². The van der Waals surface area contributed by atoms with E-state index in [1.165, 1.54) is 38.8 Å². The SMILES string of the molecule is Cn1ncc2cc(CC(=O)N3CCC(C4CCNCC4)CC3)ccc21. The number of likely N-dealkylation sites (tertiary alicyclic amines) is 1. The number of nitrogens with one attached hydrogen (secondary N) is 1. The van der Waals surface area contributed by atoms with E-state index in [2.05, 4.69) is 33.5 Å². The first kappa shape index (κ1) is 16.6. The largest absolute Gasteiger partial charge is 0.342 e. The lowest BCUT2D eigenvalue weighted by molar-refractivity contribution is -0.132. The van der Waals surface area contributed by atoms with Crippen molar-refractivity contribution in [2.45, 2.75) is 32.1 Å². The van der Waals surface area contributed by atoms with Crippen molar-refractivity contribution in [3.63, 3.8) is 0 Å². The van der Waals surface area contributed by atoms with Crippen LogP contribution in [0.4, 0.5) is 0 Å². The van der Waals surface area contributed by atoms with Crippen LogP contribution in [-0.2, 0) is 18.3 Å². The number of aryl methyl sites for hydroxylation is 1. The summed E-state index contributed by atoms with van der Waals surface area (Å²) in [7, 11) is 1.94.